The van der Waals surface area contributed by atoms with Crippen LogP contribution in [0.1, 0.15) is 26.7 Å². The van der Waals surface area contributed by atoms with Crippen molar-refractivity contribution in [1.82, 2.24) is 0 Å². The summed E-state index contributed by atoms with van der Waals surface area (Å²) in [6.07, 6.45) is 2.13. The Balaban J connectivity index is 4.79. The van der Waals surface area contributed by atoms with Crippen LogP contribution in [0.3, 0.4) is 0 Å². The smallest absolute Gasteiger partial charge is 0.379 e. The Morgan fingerprint density at radius 3 is 2.45 bits per heavy atom. The van der Waals surface area contributed by atoms with Crippen molar-refractivity contribution in [1.29, 1.82) is 0 Å². The van der Waals surface area contributed by atoms with Gasteiger partial charge in [-0.3, -0.25) is 0 Å². The fraction of sp³-hybridized carbons (Fsp3) is 0.667. The molecule has 0 radical (unpaired) electrons. The lowest BCUT2D eigenvalue weighted by Gasteiger charge is -2.27. The molecule has 1 unspecified atom stereocenters. The highest BCUT2D eigenvalue weighted by Gasteiger charge is 2.43. The average molecular weight is 312 g/mol. The first-order valence-corrected chi connectivity index (χ1v) is 6.36. The minimum Gasteiger partial charge on any atom is -0.461 e. The summed E-state index contributed by atoms with van der Waals surface area (Å²) in [5, 5.41) is -3.48. The van der Waals surface area contributed by atoms with Crippen LogP contribution in [0.15, 0.2) is 12.7 Å². The van der Waals surface area contributed by atoms with Crippen molar-refractivity contribution >= 4 is 24.6 Å². The Hall–Kier alpha value is -1.15. The molecule has 0 aromatic carbocycles. The number of carbonyl (C=O) groups excluding carboxylic acids is 2. The van der Waals surface area contributed by atoms with Crippen molar-refractivity contribution in [3.05, 3.63) is 12.7 Å². The van der Waals surface area contributed by atoms with Gasteiger partial charge in [-0.1, -0.05) is 19.9 Å². The summed E-state index contributed by atoms with van der Waals surface area (Å²) in [7, 11) is 0. The molecule has 0 aromatic rings. The SMILES string of the molecule is C=CC(=O)OC(C)(OCC(F)(F)S)C(=O)OCCCC. The van der Waals surface area contributed by atoms with Gasteiger partial charge < -0.3 is 14.2 Å². The van der Waals surface area contributed by atoms with Gasteiger partial charge in [-0.15, -0.1) is 12.6 Å². The fourth-order valence-corrected chi connectivity index (χ4v) is 1.09. The van der Waals surface area contributed by atoms with Gasteiger partial charge in [-0.05, 0) is 6.42 Å². The zero-order valence-electron chi connectivity index (χ0n) is 11.4. The summed E-state index contributed by atoms with van der Waals surface area (Å²) < 4.78 is 39.5. The van der Waals surface area contributed by atoms with E-state index in [2.05, 4.69) is 28.7 Å². The van der Waals surface area contributed by atoms with Crippen LogP contribution in [0, 0.1) is 0 Å². The molecule has 0 aliphatic carbocycles. The highest BCUT2D eigenvalue weighted by Crippen LogP contribution is 2.24. The van der Waals surface area contributed by atoms with E-state index in [0.29, 0.717) is 6.42 Å². The van der Waals surface area contributed by atoms with Crippen molar-refractivity contribution in [3.8, 4) is 0 Å². The van der Waals surface area contributed by atoms with Gasteiger partial charge in [0, 0.05) is 13.0 Å². The van der Waals surface area contributed by atoms with Crippen LogP contribution in [-0.4, -0.2) is 36.2 Å². The molecule has 0 aromatic heterocycles. The van der Waals surface area contributed by atoms with Crippen molar-refractivity contribution in [2.45, 2.75) is 37.7 Å². The Kier molecular flexibility index (Phi) is 7.74. The van der Waals surface area contributed by atoms with E-state index in [9.17, 15) is 18.4 Å². The maximum absolute atomic E-state index is 12.7. The number of thiol groups is 1. The Morgan fingerprint density at radius 2 is 2.00 bits per heavy atom. The highest BCUT2D eigenvalue weighted by atomic mass is 32.1. The fourth-order valence-electron chi connectivity index (χ4n) is 1.03. The summed E-state index contributed by atoms with van der Waals surface area (Å²) in [5.74, 6) is -4.34. The Bertz CT molecular complexity index is 356. The van der Waals surface area contributed by atoms with E-state index in [1.54, 1.807) is 0 Å². The first kappa shape index (κ1) is 18.9. The number of esters is 2. The minimum atomic E-state index is -3.48. The summed E-state index contributed by atoms with van der Waals surface area (Å²) in [6, 6.07) is 0. The molecule has 0 amide bonds. The first-order valence-electron chi connectivity index (χ1n) is 5.91. The summed E-state index contributed by atoms with van der Waals surface area (Å²) in [6.45, 7) is 4.88. The second-order valence-corrected chi connectivity index (χ2v) is 4.67. The molecule has 8 heteroatoms. The molecule has 0 rings (SSSR count). The Morgan fingerprint density at radius 1 is 1.40 bits per heavy atom. The summed E-state index contributed by atoms with van der Waals surface area (Å²) in [4.78, 5) is 22.9. The van der Waals surface area contributed by atoms with E-state index in [1.807, 2.05) is 6.92 Å². The maximum atomic E-state index is 12.7. The molecule has 0 aliphatic rings. The third kappa shape index (κ3) is 7.44. The van der Waals surface area contributed by atoms with Gasteiger partial charge in [0.1, 0.15) is 6.61 Å². The largest absolute Gasteiger partial charge is 0.461 e. The normalized spacial score (nSPS) is 14.2. The lowest BCUT2D eigenvalue weighted by molar-refractivity contribution is -0.243. The van der Waals surface area contributed by atoms with Crippen LogP contribution >= 0.6 is 12.6 Å². The molecule has 0 saturated carbocycles. The van der Waals surface area contributed by atoms with Crippen LogP contribution in [0.2, 0.25) is 0 Å². The Labute approximate surface area is 121 Å². The van der Waals surface area contributed by atoms with Gasteiger partial charge >= 0.3 is 23.0 Å². The quantitative estimate of drug-likeness (QED) is 0.233. The number of ether oxygens (including phenoxy) is 3. The molecular formula is C12H18F2O5S. The van der Waals surface area contributed by atoms with Crippen LogP contribution in [0.25, 0.3) is 0 Å². The van der Waals surface area contributed by atoms with E-state index >= 15 is 0 Å². The van der Waals surface area contributed by atoms with E-state index in [-0.39, 0.29) is 6.61 Å². The summed E-state index contributed by atoms with van der Waals surface area (Å²) >= 11 is 2.96. The van der Waals surface area contributed by atoms with Crippen LogP contribution < -0.4 is 0 Å². The molecule has 0 N–H and O–H groups in total. The molecule has 0 spiro atoms. The molecule has 116 valence electrons. The minimum absolute atomic E-state index is 0.0667. The third-order valence-electron chi connectivity index (χ3n) is 2.09. The number of carbonyl (C=O) groups is 2. The van der Waals surface area contributed by atoms with E-state index in [1.165, 1.54) is 0 Å². The van der Waals surface area contributed by atoms with Gasteiger partial charge in [0.05, 0.1) is 6.61 Å². The van der Waals surface area contributed by atoms with Gasteiger partial charge in [-0.2, -0.15) is 8.78 Å². The number of unbranched alkanes of at least 4 members (excludes halogenated alkanes) is 1. The topological polar surface area (TPSA) is 61.8 Å². The predicted octanol–water partition coefficient (Wildman–Crippen LogP) is 2.31. The van der Waals surface area contributed by atoms with Gasteiger partial charge in [-0.25, -0.2) is 9.59 Å². The number of hydrogen-bond acceptors (Lipinski definition) is 6. The number of halogens is 2. The molecule has 0 saturated heterocycles. The predicted molar refractivity (Wildman–Crippen MR) is 70.4 cm³/mol. The monoisotopic (exact) mass is 312 g/mol. The second kappa shape index (κ2) is 8.21. The van der Waals surface area contributed by atoms with Crippen LogP contribution in [0.5, 0.6) is 0 Å². The number of alkyl halides is 2. The van der Waals surface area contributed by atoms with Crippen molar-refractivity contribution in [2.24, 2.45) is 0 Å². The number of rotatable bonds is 9. The van der Waals surface area contributed by atoms with Crippen molar-refractivity contribution in [3.63, 3.8) is 0 Å². The van der Waals surface area contributed by atoms with Crippen molar-refractivity contribution < 1.29 is 32.6 Å². The maximum Gasteiger partial charge on any atom is 0.379 e. The van der Waals surface area contributed by atoms with Gasteiger partial charge in [0.15, 0.2) is 0 Å². The molecular weight excluding hydrogens is 294 g/mol. The van der Waals surface area contributed by atoms with Crippen molar-refractivity contribution in [2.75, 3.05) is 13.2 Å². The summed E-state index contributed by atoms with van der Waals surface area (Å²) in [5.41, 5.74) is 0. The molecule has 20 heavy (non-hydrogen) atoms. The lowest BCUT2D eigenvalue weighted by atomic mass is 10.3. The molecule has 1 atom stereocenters. The van der Waals surface area contributed by atoms with E-state index in [0.717, 1.165) is 19.4 Å². The molecule has 0 bridgehead atoms. The molecule has 5 nitrogen and oxygen atoms in total. The zero-order chi connectivity index (χ0) is 15.8. The lowest BCUT2D eigenvalue weighted by Crippen LogP contribution is -2.46. The van der Waals surface area contributed by atoms with Crippen LogP contribution in [0.4, 0.5) is 8.78 Å². The van der Waals surface area contributed by atoms with E-state index < -0.39 is 29.6 Å². The van der Waals surface area contributed by atoms with Crippen LogP contribution in [-0.2, 0) is 23.8 Å². The first-order chi connectivity index (χ1) is 9.14. The number of hydrogen-bond donors (Lipinski definition) is 1. The highest BCUT2D eigenvalue weighted by molar-refractivity contribution is 7.81. The van der Waals surface area contributed by atoms with Gasteiger partial charge in [0.2, 0.25) is 0 Å². The molecule has 0 heterocycles. The third-order valence-corrected chi connectivity index (χ3v) is 2.21. The second-order valence-electron chi connectivity index (χ2n) is 4.01. The average Bonchev–Trinajstić information content (AvgIpc) is 2.35. The van der Waals surface area contributed by atoms with E-state index in [4.69, 9.17) is 4.74 Å². The molecule has 0 aliphatic heterocycles. The standard InChI is InChI=1S/C12H18F2O5S/c1-4-6-7-17-10(16)11(3,19-9(15)5-2)18-8-12(13,14)20/h5,20H,2,4,6-8H2,1,3H3. The molecule has 0 fully saturated rings. The van der Waals surface area contributed by atoms with Gasteiger partial charge in [0.25, 0.3) is 0 Å². The zero-order valence-corrected chi connectivity index (χ0v) is 12.3.